The van der Waals surface area contributed by atoms with Gasteiger partial charge in [0.2, 0.25) is 5.88 Å². The quantitative estimate of drug-likeness (QED) is 0.813. The largest absolute Gasteiger partial charge is 0.476 e. The van der Waals surface area contributed by atoms with E-state index < -0.39 is 11.9 Å². The van der Waals surface area contributed by atoms with Gasteiger partial charge in [-0.2, -0.15) is 13.2 Å². The van der Waals surface area contributed by atoms with Crippen LogP contribution in [0.4, 0.5) is 13.2 Å². The second-order valence-corrected chi connectivity index (χ2v) is 6.41. The molecule has 23 heavy (non-hydrogen) atoms. The summed E-state index contributed by atoms with van der Waals surface area (Å²) in [5, 5.41) is 3.80. The third-order valence-electron chi connectivity index (χ3n) is 4.86. The molecule has 2 fully saturated rings. The molecule has 1 aromatic rings. The van der Waals surface area contributed by atoms with Crippen LogP contribution in [0.15, 0.2) is 6.07 Å². The lowest BCUT2D eigenvalue weighted by atomic mass is 9.74. The maximum absolute atomic E-state index is 12.7. The van der Waals surface area contributed by atoms with Crippen LogP contribution in [0.1, 0.15) is 31.4 Å². The lowest BCUT2D eigenvalue weighted by Gasteiger charge is -2.38. The highest BCUT2D eigenvalue weighted by molar-refractivity contribution is 5.85. The van der Waals surface area contributed by atoms with Crippen LogP contribution in [0.25, 0.3) is 0 Å². The van der Waals surface area contributed by atoms with Gasteiger partial charge in [0.05, 0.1) is 6.61 Å². The van der Waals surface area contributed by atoms with Crippen LogP contribution in [0.5, 0.6) is 5.88 Å². The highest BCUT2D eigenvalue weighted by Gasteiger charge is 2.36. The third-order valence-corrected chi connectivity index (χ3v) is 4.86. The van der Waals surface area contributed by atoms with Crippen molar-refractivity contribution in [1.82, 2.24) is 14.7 Å². The van der Waals surface area contributed by atoms with Gasteiger partial charge in [-0.15, -0.1) is 17.5 Å². The summed E-state index contributed by atoms with van der Waals surface area (Å²) in [6, 6.07) is 0.980. The third kappa shape index (κ3) is 4.32. The van der Waals surface area contributed by atoms with Crippen molar-refractivity contribution in [2.24, 2.45) is 18.9 Å². The molecule has 132 valence electrons. The van der Waals surface area contributed by atoms with Crippen molar-refractivity contribution in [2.45, 2.75) is 31.9 Å². The molecule has 0 radical (unpaired) electrons. The molecule has 0 spiro atoms. The molecule has 1 aromatic heterocycles. The molecule has 1 saturated heterocycles. The highest BCUT2D eigenvalue weighted by atomic mass is 35.5. The van der Waals surface area contributed by atoms with Gasteiger partial charge < -0.3 is 9.64 Å². The Bertz CT molecular complexity index is 515. The summed E-state index contributed by atoms with van der Waals surface area (Å²) in [4.78, 5) is 2.49. The molecular formula is C15H23ClF3N3O. The Morgan fingerprint density at radius 1 is 1.22 bits per heavy atom. The van der Waals surface area contributed by atoms with Crippen LogP contribution in [-0.2, 0) is 13.2 Å². The Hall–Kier alpha value is -0.950. The molecule has 2 aliphatic rings. The second kappa shape index (κ2) is 7.30. The van der Waals surface area contributed by atoms with Crippen LogP contribution >= 0.6 is 12.4 Å². The van der Waals surface area contributed by atoms with Crippen LogP contribution < -0.4 is 4.74 Å². The van der Waals surface area contributed by atoms with Crippen molar-refractivity contribution in [3.63, 3.8) is 0 Å². The molecule has 1 aliphatic heterocycles. The zero-order chi connectivity index (χ0) is 15.7. The average Bonchev–Trinajstić information content (AvgIpc) is 3.03. The van der Waals surface area contributed by atoms with Crippen LogP contribution in [0, 0.1) is 11.8 Å². The summed E-state index contributed by atoms with van der Waals surface area (Å²) in [7, 11) is 1.29. The molecule has 2 atom stereocenters. The van der Waals surface area contributed by atoms with Crippen LogP contribution in [0.2, 0.25) is 0 Å². The van der Waals surface area contributed by atoms with Crippen molar-refractivity contribution in [1.29, 1.82) is 0 Å². The van der Waals surface area contributed by atoms with E-state index in [4.69, 9.17) is 4.74 Å². The average molecular weight is 354 g/mol. The van der Waals surface area contributed by atoms with Crippen LogP contribution in [0.3, 0.4) is 0 Å². The molecule has 4 nitrogen and oxygen atoms in total. The van der Waals surface area contributed by atoms with Gasteiger partial charge in [-0.05, 0) is 50.6 Å². The first-order valence-electron chi connectivity index (χ1n) is 7.90. The number of likely N-dealkylation sites (tertiary alicyclic amines) is 1. The molecule has 0 amide bonds. The van der Waals surface area contributed by atoms with E-state index >= 15 is 0 Å². The zero-order valence-corrected chi connectivity index (χ0v) is 14.0. The van der Waals surface area contributed by atoms with E-state index in [9.17, 15) is 13.2 Å². The van der Waals surface area contributed by atoms with Gasteiger partial charge in [0.15, 0.2) is 0 Å². The minimum Gasteiger partial charge on any atom is -0.476 e. The van der Waals surface area contributed by atoms with Gasteiger partial charge in [0.25, 0.3) is 0 Å². The fourth-order valence-electron chi connectivity index (χ4n) is 3.36. The Morgan fingerprint density at radius 2 is 1.87 bits per heavy atom. The Morgan fingerprint density at radius 3 is 2.39 bits per heavy atom. The number of hydrogen-bond acceptors (Lipinski definition) is 3. The normalized spacial score (nSPS) is 25.0. The van der Waals surface area contributed by atoms with Gasteiger partial charge >= 0.3 is 6.18 Å². The van der Waals surface area contributed by atoms with Gasteiger partial charge in [0.1, 0.15) is 5.69 Å². The molecule has 1 saturated carbocycles. The smallest absolute Gasteiger partial charge is 0.433 e. The predicted octanol–water partition coefficient (Wildman–Crippen LogP) is 3.36. The Kier molecular flexibility index (Phi) is 5.84. The zero-order valence-electron chi connectivity index (χ0n) is 13.2. The van der Waals surface area contributed by atoms with E-state index in [1.165, 1.54) is 39.4 Å². The minimum absolute atomic E-state index is 0. The molecule has 0 unspecified atom stereocenters. The lowest BCUT2D eigenvalue weighted by Crippen LogP contribution is -2.39. The number of halogens is 4. The summed E-state index contributed by atoms with van der Waals surface area (Å²) in [6.07, 6.45) is 0.459. The van der Waals surface area contributed by atoms with Gasteiger partial charge in [-0.3, -0.25) is 4.68 Å². The minimum atomic E-state index is -4.39. The van der Waals surface area contributed by atoms with E-state index in [2.05, 4.69) is 10.00 Å². The van der Waals surface area contributed by atoms with Gasteiger partial charge in [-0.25, -0.2) is 0 Å². The molecule has 8 heteroatoms. The summed E-state index contributed by atoms with van der Waals surface area (Å²) in [6.45, 7) is 3.93. The van der Waals surface area contributed by atoms with Crippen LogP contribution in [-0.4, -0.2) is 40.9 Å². The predicted molar refractivity (Wildman–Crippen MR) is 82.8 cm³/mol. The van der Waals surface area contributed by atoms with Crippen molar-refractivity contribution in [3.05, 3.63) is 11.8 Å². The summed E-state index contributed by atoms with van der Waals surface area (Å²) >= 11 is 0. The Balaban J connectivity index is 0.00000192. The van der Waals surface area contributed by atoms with E-state index in [1.807, 2.05) is 0 Å². The second-order valence-electron chi connectivity index (χ2n) is 6.41. The number of alkyl halides is 3. The summed E-state index contributed by atoms with van der Waals surface area (Å²) in [5.41, 5.74) is -0.773. The molecule has 0 N–H and O–H groups in total. The van der Waals surface area contributed by atoms with E-state index in [-0.39, 0.29) is 18.3 Å². The number of rotatable bonds is 5. The molecule has 1 aliphatic carbocycles. The summed E-state index contributed by atoms with van der Waals surface area (Å²) < 4.78 is 44.5. The fraction of sp³-hybridized carbons (Fsp3) is 0.800. The number of ether oxygens (including phenoxy) is 1. The molecular weight excluding hydrogens is 331 g/mol. The van der Waals surface area contributed by atoms with Crippen molar-refractivity contribution >= 4 is 12.4 Å². The number of aryl methyl sites for hydroxylation is 1. The molecule has 0 aromatic carbocycles. The maximum Gasteiger partial charge on any atom is 0.433 e. The first kappa shape index (κ1) is 18.4. The first-order chi connectivity index (χ1) is 10.4. The topological polar surface area (TPSA) is 30.3 Å². The van der Waals surface area contributed by atoms with Gasteiger partial charge in [0, 0.05) is 19.7 Å². The number of aromatic nitrogens is 2. The van der Waals surface area contributed by atoms with Crippen molar-refractivity contribution in [2.75, 3.05) is 26.2 Å². The number of hydrogen-bond donors (Lipinski definition) is 0. The van der Waals surface area contributed by atoms with Crippen molar-refractivity contribution in [3.8, 4) is 5.88 Å². The Labute approximate surface area is 140 Å². The number of nitrogens with zero attached hydrogens (tertiary/aromatic N) is 3. The molecule has 2 heterocycles. The molecule has 3 rings (SSSR count). The van der Waals surface area contributed by atoms with E-state index in [0.29, 0.717) is 18.4 Å². The van der Waals surface area contributed by atoms with Crippen molar-refractivity contribution < 1.29 is 17.9 Å². The lowest BCUT2D eigenvalue weighted by molar-refractivity contribution is -0.143. The van der Waals surface area contributed by atoms with E-state index in [1.54, 1.807) is 0 Å². The summed E-state index contributed by atoms with van der Waals surface area (Å²) in [5.74, 6) is 1.13. The standard InChI is InChI=1S/C15H22F3N3O.ClH/c1-20-13(15(16,17)18)8-14(19-20)22-10-12-5-4-11(12)9-21-6-2-3-7-21;/h8,11-12H,2-7,9-10H2,1H3;1H/t11-,12-;/m1./s1. The highest BCUT2D eigenvalue weighted by Crippen LogP contribution is 2.36. The maximum atomic E-state index is 12.7. The van der Waals surface area contributed by atoms with E-state index in [0.717, 1.165) is 23.7 Å². The SMILES string of the molecule is Cl.Cn1nc(OC[C@H]2CC[C@@H]2CN2CCCC2)cc1C(F)(F)F. The first-order valence-corrected chi connectivity index (χ1v) is 7.90. The molecule has 0 bridgehead atoms. The monoisotopic (exact) mass is 353 g/mol. The fourth-order valence-corrected chi connectivity index (χ4v) is 3.36. The van der Waals surface area contributed by atoms with Gasteiger partial charge in [-0.1, -0.05) is 0 Å².